The molecule has 1 heterocycles. The summed E-state index contributed by atoms with van der Waals surface area (Å²) in [4.78, 5) is 4.05. The largest absolute Gasteiger partial charge is 0.394 e. The number of aliphatic hydroxyl groups is 1. The molecule has 2 aromatic rings. The lowest BCUT2D eigenvalue weighted by atomic mass is 10.1. The van der Waals surface area contributed by atoms with E-state index in [1.807, 2.05) is 42.0 Å². The normalized spacial score (nSPS) is 14.0. The second-order valence-electron chi connectivity index (χ2n) is 5.18. The van der Waals surface area contributed by atoms with Gasteiger partial charge >= 0.3 is 0 Å². The summed E-state index contributed by atoms with van der Waals surface area (Å²) < 4.78 is 7.89. The van der Waals surface area contributed by atoms with Crippen LogP contribution in [0.15, 0.2) is 43.0 Å². The van der Waals surface area contributed by atoms with Crippen LogP contribution in [0.1, 0.15) is 18.9 Å². The van der Waals surface area contributed by atoms with Crippen LogP contribution >= 0.6 is 11.6 Å². The zero-order valence-corrected chi connectivity index (χ0v) is 12.9. The maximum Gasteiger partial charge on any atom is 0.0946 e. The third-order valence-electron chi connectivity index (χ3n) is 3.32. The SMILES string of the molecule is C[C@H](CO)OC(CCc1ccc(Cl)cc1)Cn1ccnc1. The molecule has 4 nitrogen and oxygen atoms in total. The Bertz CT molecular complexity index is 514. The first-order valence-corrected chi connectivity index (χ1v) is 7.51. The number of imidazole rings is 1. The summed E-state index contributed by atoms with van der Waals surface area (Å²) >= 11 is 5.89. The molecule has 1 aromatic heterocycles. The van der Waals surface area contributed by atoms with Crippen molar-refractivity contribution in [1.82, 2.24) is 9.55 Å². The van der Waals surface area contributed by atoms with E-state index in [0.717, 1.165) is 24.4 Å². The van der Waals surface area contributed by atoms with Gasteiger partial charge in [0.25, 0.3) is 0 Å². The van der Waals surface area contributed by atoms with Crippen LogP contribution in [0.5, 0.6) is 0 Å². The van der Waals surface area contributed by atoms with Gasteiger partial charge in [-0.3, -0.25) is 0 Å². The fraction of sp³-hybridized carbons (Fsp3) is 0.438. The molecule has 0 saturated carbocycles. The van der Waals surface area contributed by atoms with Crippen molar-refractivity contribution in [3.05, 3.63) is 53.6 Å². The number of aromatic nitrogens is 2. The number of aryl methyl sites for hydroxylation is 1. The average molecular weight is 309 g/mol. The first-order valence-electron chi connectivity index (χ1n) is 7.14. The summed E-state index contributed by atoms with van der Waals surface area (Å²) in [6, 6.07) is 7.87. The van der Waals surface area contributed by atoms with Gasteiger partial charge in [0.15, 0.2) is 0 Å². The van der Waals surface area contributed by atoms with E-state index in [9.17, 15) is 0 Å². The Morgan fingerprint density at radius 3 is 2.71 bits per heavy atom. The van der Waals surface area contributed by atoms with Crippen molar-refractivity contribution in [2.75, 3.05) is 6.61 Å². The van der Waals surface area contributed by atoms with Gasteiger partial charge in [0.05, 0.1) is 25.1 Å². The quantitative estimate of drug-likeness (QED) is 0.815. The average Bonchev–Trinajstić information content (AvgIpc) is 2.99. The van der Waals surface area contributed by atoms with Crippen LogP contribution in [0.3, 0.4) is 0 Å². The number of aliphatic hydroxyl groups excluding tert-OH is 1. The monoisotopic (exact) mass is 308 g/mol. The van der Waals surface area contributed by atoms with Crippen molar-refractivity contribution >= 4 is 11.6 Å². The maximum atomic E-state index is 9.17. The van der Waals surface area contributed by atoms with Gasteiger partial charge in [-0.15, -0.1) is 0 Å². The lowest BCUT2D eigenvalue weighted by molar-refractivity contribution is -0.0394. The van der Waals surface area contributed by atoms with Crippen LogP contribution in [0.2, 0.25) is 5.02 Å². The molecule has 0 aliphatic heterocycles. The molecule has 1 N–H and O–H groups in total. The van der Waals surface area contributed by atoms with Crippen LogP contribution in [0.25, 0.3) is 0 Å². The molecule has 0 aliphatic carbocycles. The van der Waals surface area contributed by atoms with E-state index in [0.29, 0.717) is 0 Å². The molecule has 0 saturated heterocycles. The number of halogens is 1. The summed E-state index contributed by atoms with van der Waals surface area (Å²) in [7, 11) is 0. The van der Waals surface area contributed by atoms with Crippen LogP contribution in [-0.2, 0) is 17.7 Å². The molecule has 0 radical (unpaired) electrons. The van der Waals surface area contributed by atoms with E-state index >= 15 is 0 Å². The van der Waals surface area contributed by atoms with Crippen molar-refractivity contribution in [2.24, 2.45) is 0 Å². The number of ether oxygens (including phenoxy) is 1. The molecule has 114 valence electrons. The van der Waals surface area contributed by atoms with Crippen LogP contribution in [0.4, 0.5) is 0 Å². The van der Waals surface area contributed by atoms with Crippen LogP contribution in [-0.4, -0.2) is 33.5 Å². The van der Waals surface area contributed by atoms with Gasteiger partial charge in [-0.2, -0.15) is 0 Å². The molecule has 0 bridgehead atoms. The van der Waals surface area contributed by atoms with Gasteiger partial charge in [0, 0.05) is 24.0 Å². The third kappa shape index (κ3) is 5.50. The van der Waals surface area contributed by atoms with Crippen molar-refractivity contribution in [3.8, 4) is 0 Å². The molecule has 0 fully saturated rings. The summed E-state index contributed by atoms with van der Waals surface area (Å²) in [6.45, 7) is 2.64. The maximum absolute atomic E-state index is 9.17. The van der Waals surface area contributed by atoms with E-state index in [2.05, 4.69) is 4.98 Å². The predicted octanol–water partition coefficient (Wildman–Crippen LogP) is 2.94. The Morgan fingerprint density at radius 2 is 2.10 bits per heavy atom. The fourth-order valence-corrected chi connectivity index (χ4v) is 2.31. The minimum atomic E-state index is -0.163. The predicted molar refractivity (Wildman–Crippen MR) is 83.4 cm³/mol. The molecule has 2 atom stereocenters. The fourth-order valence-electron chi connectivity index (χ4n) is 2.18. The molecule has 0 amide bonds. The number of hydrogen-bond acceptors (Lipinski definition) is 3. The van der Waals surface area contributed by atoms with E-state index in [1.54, 1.807) is 12.5 Å². The zero-order chi connectivity index (χ0) is 15.1. The first-order chi connectivity index (χ1) is 10.2. The first kappa shape index (κ1) is 16.0. The number of benzene rings is 1. The highest BCUT2D eigenvalue weighted by molar-refractivity contribution is 6.30. The van der Waals surface area contributed by atoms with Gasteiger partial charge < -0.3 is 14.4 Å². The van der Waals surface area contributed by atoms with Crippen LogP contribution in [0, 0.1) is 0 Å². The molecular weight excluding hydrogens is 288 g/mol. The molecule has 1 unspecified atom stereocenters. The van der Waals surface area contributed by atoms with Gasteiger partial charge in [-0.25, -0.2) is 4.98 Å². The second-order valence-corrected chi connectivity index (χ2v) is 5.61. The number of nitrogens with zero attached hydrogens (tertiary/aromatic N) is 2. The summed E-state index contributed by atoms with van der Waals surface area (Å²) in [5, 5.41) is 9.92. The molecule has 2 rings (SSSR count). The molecule has 0 spiro atoms. The molecule has 0 aliphatic rings. The van der Waals surface area contributed by atoms with Crippen LogP contribution < -0.4 is 0 Å². The molecule has 1 aromatic carbocycles. The van der Waals surface area contributed by atoms with Crippen molar-refractivity contribution in [2.45, 2.75) is 38.5 Å². The van der Waals surface area contributed by atoms with E-state index in [4.69, 9.17) is 21.4 Å². The highest BCUT2D eigenvalue weighted by Gasteiger charge is 2.14. The Morgan fingerprint density at radius 1 is 1.33 bits per heavy atom. The highest BCUT2D eigenvalue weighted by atomic mass is 35.5. The van der Waals surface area contributed by atoms with Gasteiger partial charge in [0.2, 0.25) is 0 Å². The summed E-state index contributed by atoms with van der Waals surface area (Å²) in [5.74, 6) is 0. The van der Waals surface area contributed by atoms with Crippen molar-refractivity contribution in [1.29, 1.82) is 0 Å². The summed E-state index contributed by atoms with van der Waals surface area (Å²) in [5.41, 5.74) is 1.23. The minimum Gasteiger partial charge on any atom is -0.394 e. The molecule has 21 heavy (non-hydrogen) atoms. The summed E-state index contributed by atoms with van der Waals surface area (Å²) in [6.07, 6.45) is 7.12. The Labute approximate surface area is 130 Å². The topological polar surface area (TPSA) is 47.3 Å². The van der Waals surface area contributed by atoms with E-state index in [-0.39, 0.29) is 18.8 Å². The minimum absolute atomic E-state index is 0.0291. The Hall–Kier alpha value is -1.36. The zero-order valence-electron chi connectivity index (χ0n) is 12.2. The van der Waals surface area contributed by atoms with Gasteiger partial charge in [-0.1, -0.05) is 23.7 Å². The third-order valence-corrected chi connectivity index (χ3v) is 3.58. The number of rotatable bonds is 8. The van der Waals surface area contributed by atoms with E-state index in [1.165, 1.54) is 5.56 Å². The van der Waals surface area contributed by atoms with Crippen molar-refractivity contribution in [3.63, 3.8) is 0 Å². The lowest BCUT2D eigenvalue weighted by Gasteiger charge is -2.22. The van der Waals surface area contributed by atoms with Gasteiger partial charge in [0.1, 0.15) is 0 Å². The number of hydrogen-bond donors (Lipinski definition) is 1. The lowest BCUT2D eigenvalue weighted by Crippen LogP contribution is -2.27. The van der Waals surface area contributed by atoms with E-state index < -0.39 is 0 Å². The Balaban J connectivity index is 1.92. The molecular formula is C16H21ClN2O2. The Kier molecular flexibility index (Phi) is 6.23. The van der Waals surface area contributed by atoms with Crippen molar-refractivity contribution < 1.29 is 9.84 Å². The standard InChI is InChI=1S/C16H21ClN2O2/c1-13(11-20)21-16(10-19-9-8-18-12-19)7-4-14-2-5-15(17)6-3-14/h2-3,5-6,8-9,12-13,16,20H,4,7,10-11H2,1H3/t13-,16?/m1/s1. The van der Waals surface area contributed by atoms with Gasteiger partial charge in [-0.05, 0) is 37.5 Å². The molecule has 5 heteroatoms. The smallest absolute Gasteiger partial charge is 0.0946 e. The highest BCUT2D eigenvalue weighted by Crippen LogP contribution is 2.14. The second kappa shape index (κ2) is 8.17.